The summed E-state index contributed by atoms with van der Waals surface area (Å²) in [5.74, 6) is 0.326. The highest BCUT2D eigenvalue weighted by Crippen LogP contribution is 2.48. The van der Waals surface area contributed by atoms with Crippen LogP contribution < -0.4 is 9.47 Å². The Hall–Kier alpha value is -1.82. The molecule has 0 aliphatic rings. The molecule has 6 heteroatoms. The lowest BCUT2D eigenvalue weighted by atomic mass is 9.83. The van der Waals surface area contributed by atoms with E-state index in [1.807, 2.05) is 34.6 Å². The number of ether oxygens (including phenoxy) is 2. The second-order valence-corrected chi connectivity index (χ2v) is 6.62. The SMILES string of the molecule is COc1cc(C(C)(C)C)c([N+](=O)[O-])c(OC)c1C(O)C(C)C. The van der Waals surface area contributed by atoms with Gasteiger partial charge in [0.15, 0.2) is 0 Å². The van der Waals surface area contributed by atoms with E-state index in [0.29, 0.717) is 16.9 Å². The van der Waals surface area contributed by atoms with Crippen LogP contribution in [0.25, 0.3) is 0 Å². The fraction of sp³-hybridized carbons (Fsp3) is 0.625. The Bertz CT molecular complexity index is 561. The van der Waals surface area contributed by atoms with E-state index in [1.165, 1.54) is 14.2 Å². The van der Waals surface area contributed by atoms with Gasteiger partial charge in [0, 0.05) is 5.56 Å². The van der Waals surface area contributed by atoms with Gasteiger partial charge < -0.3 is 14.6 Å². The van der Waals surface area contributed by atoms with Gasteiger partial charge in [-0.05, 0) is 17.4 Å². The molecule has 1 rings (SSSR count). The first-order valence-corrected chi connectivity index (χ1v) is 7.18. The monoisotopic (exact) mass is 311 g/mol. The lowest BCUT2D eigenvalue weighted by Gasteiger charge is -2.25. The molecular weight excluding hydrogens is 286 g/mol. The van der Waals surface area contributed by atoms with E-state index in [-0.39, 0.29) is 17.4 Å². The van der Waals surface area contributed by atoms with Gasteiger partial charge in [0.1, 0.15) is 5.75 Å². The maximum atomic E-state index is 11.6. The number of nitrogens with zero attached hydrogens (tertiary/aromatic N) is 1. The molecule has 1 atom stereocenters. The Morgan fingerprint density at radius 1 is 1.23 bits per heavy atom. The lowest BCUT2D eigenvalue weighted by molar-refractivity contribution is -0.387. The average molecular weight is 311 g/mol. The van der Waals surface area contributed by atoms with Crippen LogP contribution in [0.5, 0.6) is 11.5 Å². The van der Waals surface area contributed by atoms with Crippen molar-refractivity contribution in [3.8, 4) is 11.5 Å². The maximum absolute atomic E-state index is 11.6. The van der Waals surface area contributed by atoms with Crippen molar-refractivity contribution >= 4 is 5.69 Å². The molecule has 0 fully saturated rings. The van der Waals surface area contributed by atoms with E-state index in [1.54, 1.807) is 6.07 Å². The van der Waals surface area contributed by atoms with E-state index < -0.39 is 16.4 Å². The molecule has 0 aliphatic heterocycles. The van der Waals surface area contributed by atoms with Crippen molar-refractivity contribution in [1.82, 2.24) is 0 Å². The van der Waals surface area contributed by atoms with Gasteiger partial charge in [0.2, 0.25) is 5.75 Å². The van der Waals surface area contributed by atoms with Gasteiger partial charge in [-0.2, -0.15) is 0 Å². The van der Waals surface area contributed by atoms with Gasteiger partial charge in [-0.25, -0.2) is 0 Å². The summed E-state index contributed by atoms with van der Waals surface area (Å²) in [7, 11) is 2.84. The summed E-state index contributed by atoms with van der Waals surface area (Å²) in [5.41, 5.74) is 0.237. The summed E-state index contributed by atoms with van der Waals surface area (Å²) in [6.07, 6.45) is -0.919. The summed E-state index contributed by atoms with van der Waals surface area (Å²) < 4.78 is 10.7. The van der Waals surface area contributed by atoms with E-state index in [4.69, 9.17) is 9.47 Å². The summed E-state index contributed by atoms with van der Waals surface area (Å²) in [4.78, 5) is 11.1. The molecule has 0 radical (unpaired) electrons. The highest BCUT2D eigenvalue weighted by atomic mass is 16.6. The number of hydrogen-bond donors (Lipinski definition) is 1. The first-order valence-electron chi connectivity index (χ1n) is 7.18. The van der Waals surface area contributed by atoms with Gasteiger partial charge in [-0.1, -0.05) is 34.6 Å². The number of benzene rings is 1. The summed E-state index contributed by atoms with van der Waals surface area (Å²) in [5, 5.41) is 22.0. The normalized spacial score (nSPS) is 13.1. The molecule has 0 amide bonds. The second-order valence-electron chi connectivity index (χ2n) is 6.62. The summed E-state index contributed by atoms with van der Waals surface area (Å²) >= 11 is 0. The Balaban J connectivity index is 3.87. The minimum atomic E-state index is -0.919. The number of aliphatic hydroxyl groups excluding tert-OH is 1. The molecule has 0 aromatic heterocycles. The summed E-state index contributed by atoms with van der Waals surface area (Å²) in [6, 6.07) is 1.63. The smallest absolute Gasteiger partial charge is 0.315 e. The van der Waals surface area contributed by atoms with Crippen LogP contribution in [0.2, 0.25) is 0 Å². The van der Waals surface area contributed by atoms with Crippen molar-refractivity contribution in [3.63, 3.8) is 0 Å². The zero-order chi connectivity index (χ0) is 17.2. The largest absolute Gasteiger partial charge is 0.496 e. The molecule has 1 aromatic carbocycles. The van der Waals surface area contributed by atoms with Gasteiger partial charge in [0.05, 0.1) is 30.8 Å². The number of nitro groups is 1. The van der Waals surface area contributed by atoms with Crippen LogP contribution >= 0.6 is 0 Å². The van der Waals surface area contributed by atoms with Gasteiger partial charge in [-0.3, -0.25) is 10.1 Å². The first-order chi connectivity index (χ1) is 10.1. The number of hydrogen-bond acceptors (Lipinski definition) is 5. The molecule has 124 valence electrons. The number of methoxy groups -OCH3 is 2. The van der Waals surface area contributed by atoms with E-state index in [0.717, 1.165) is 0 Å². The Morgan fingerprint density at radius 2 is 1.77 bits per heavy atom. The van der Waals surface area contributed by atoms with Crippen molar-refractivity contribution in [3.05, 3.63) is 27.3 Å². The van der Waals surface area contributed by atoms with E-state index in [2.05, 4.69) is 0 Å². The molecule has 1 N–H and O–H groups in total. The molecule has 0 saturated heterocycles. The topological polar surface area (TPSA) is 81.8 Å². The van der Waals surface area contributed by atoms with Crippen molar-refractivity contribution in [2.75, 3.05) is 14.2 Å². The molecule has 22 heavy (non-hydrogen) atoms. The Kier molecular flexibility index (Phi) is 5.40. The van der Waals surface area contributed by atoms with Crippen molar-refractivity contribution in [2.24, 2.45) is 5.92 Å². The predicted octanol–water partition coefficient (Wildman–Crippen LogP) is 3.60. The van der Waals surface area contributed by atoms with E-state index >= 15 is 0 Å². The van der Waals surface area contributed by atoms with Gasteiger partial charge >= 0.3 is 5.69 Å². The van der Waals surface area contributed by atoms with Gasteiger partial charge in [-0.15, -0.1) is 0 Å². The van der Waals surface area contributed by atoms with Crippen molar-refractivity contribution in [1.29, 1.82) is 0 Å². The predicted molar refractivity (Wildman–Crippen MR) is 84.7 cm³/mol. The minimum absolute atomic E-state index is 0.0653. The molecule has 0 heterocycles. The maximum Gasteiger partial charge on any atom is 0.315 e. The van der Waals surface area contributed by atoms with Crippen LogP contribution in [0.4, 0.5) is 5.69 Å². The highest BCUT2D eigenvalue weighted by molar-refractivity contribution is 5.65. The van der Waals surface area contributed by atoms with Crippen LogP contribution in [-0.4, -0.2) is 24.2 Å². The second kappa shape index (κ2) is 6.52. The third kappa shape index (κ3) is 3.32. The third-order valence-corrected chi connectivity index (χ3v) is 3.60. The van der Waals surface area contributed by atoms with Crippen LogP contribution in [0, 0.1) is 16.0 Å². The average Bonchev–Trinajstić information content (AvgIpc) is 2.42. The molecule has 0 bridgehead atoms. The third-order valence-electron chi connectivity index (χ3n) is 3.60. The molecule has 1 unspecified atom stereocenters. The Morgan fingerprint density at radius 3 is 2.09 bits per heavy atom. The first kappa shape index (κ1) is 18.2. The quantitative estimate of drug-likeness (QED) is 0.663. The van der Waals surface area contributed by atoms with Crippen molar-refractivity contribution < 1.29 is 19.5 Å². The van der Waals surface area contributed by atoms with E-state index in [9.17, 15) is 15.2 Å². The van der Waals surface area contributed by atoms with Gasteiger partial charge in [0.25, 0.3) is 0 Å². The molecule has 0 aliphatic carbocycles. The lowest BCUT2D eigenvalue weighted by Crippen LogP contribution is -2.18. The van der Waals surface area contributed by atoms with Crippen molar-refractivity contribution in [2.45, 2.75) is 46.1 Å². The van der Waals surface area contributed by atoms with Crippen LogP contribution in [0.3, 0.4) is 0 Å². The molecule has 0 saturated carbocycles. The molecule has 0 spiro atoms. The standard InChI is InChI=1S/C16H25NO5/c1-9(2)14(18)12-11(21-6)8-10(16(3,4)5)13(17(19)20)15(12)22-7/h8-9,14,18H,1-7H3. The number of rotatable bonds is 5. The number of aliphatic hydroxyl groups is 1. The fourth-order valence-corrected chi connectivity index (χ4v) is 2.38. The summed E-state index contributed by atoms with van der Waals surface area (Å²) in [6.45, 7) is 9.30. The van der Waals surface area contributed by atoms with Crippen LogP contribution in [0.15, 0.2) is 6.07 Å². The van der Waals surface area contributed by atoms with Crippen LogP contribution in [-0.2, 0) is 5.41 Å². The molecule has 1 aromatic rings. The molecule has 6 nitrogen and oxygen atoms in total. The zero-order valence-electron chi connectivity index (χ0n) is 14.3. The van der Waals surface area contributed by atoms with Crippen LogP contribution in [0.1, 0.15) is 51.8 Å². The fourth-order valence-electron chi connectivity index (χ4n) is 2.38. The number of nitro benzene ring substituents is 1. The Labute approximate surface area is 131 Å². The highest BCUT2D eigenvalue weighted by Gasteiger charge is 2.36. The minimum Gasteiger partial charge on any atom is -0.496 e. The zero-order valence-corrected chi connectivity index (χ0v) is 14.3. The molecular formula is C16H25NO5.